The molecule has 1 aromatic rings. The van der Waals surface area contributed by atoms with E-state index in [1.165, 1.54) is 12.1 Å². The first-order chi connectivity index (χ1) is 8.31. The van der Waals surface area contributed by atoms with Crippen LogP contribution in [0.25, 0.3) is 0 Å². The second-order valence-electron chi connectivity index (χ2n) is 4.10. The van der Waals surface area contributed by atoms with Gasteiger partial charge in [0.15, 0.2) is 0 Å². The molecule has 0 spiro atoms. The fraction of sp³-hybridized carbons (Fsp3) is 0.769. The number of aryl methyl sites for hydroxylation is 2. The predicted octanol–water partition coefficient (Wildman–Crippen LogP) is 1.98. The van der Waals surface area contributed by atoms with Gasteiger partial charge in [0.05, 0.1) is 24.6 Å². The lowest BCUT2D eigenvalue weighted by Gasteiger charge is -2.06. The van der Waals surface area contributed by atoms with Crippen molar-refractivity contribution in [3.05, 3.63) is 17.5 Å². The Kier molecular flexibility index (Phi) is 6.89. The van der Waals surface area contributed by atoms with Crippen molar-refractivity contribution in [2.75, 3.05) is 19.7 Å². The minimum Gasteiger partial charge on any atom is -0.374 e. The van der Waals surface area contributed by atoms with Crippen LogP contribution in [0.2, 0.25) is 0 Å². The topological polar surface area (TPSA) is 39.1 Å². The Hall–Kier alpha value is -0.870. The van der Waals surface area contributed by atoms with Gasteiger partial charge in [0.2, 0.25) is 0 Å². The molecule has 4 nitrogen and oxygen atoms in total. The van der Waals surface area contributed by atoms with Gasteiger partial charge in [-0.25, -0.2) is 0 Å². The van der Waals surface area contributed by atoms with Crippen molar-refractivity contribution >= 4 is 0 Å². The zero-order valence-electron chi connectivity index (χ0n) is 11.3. The number of nitrogens with one attached hydrogen (secondary N) is 1. The van der Waals surface area contributed by atoms with E-state index in [0.29, 0.717) is 6.61 Å². The third-order valence-electron chi connectivity index (χ3n) is 2.68. The molecule has 0 fully saturated rings. The number of ether oxygens (including phenoxy) is 1. The smallest absolute Gasteiger partial charge is 0.0885 e. The second-order valence-corrected chi connectivity index (χ2v) is 4.10. The quantitative estimate of drug-likeness (QED) is 0.670. The summed E-state index contributed by atoms with van der Waals surface area (Å²) in [7, 11) is 0. The summed E-state index contributed by atoms with van der Waals surface area (Å²) in [6.07, 6.45) is 2.15. The Labute approximate surface area is 104 Å². The van der Waals surface area contributed by atoms with Crippen LogP contribution in [0, 0.1) is 0 Å². The molecular weight excluding hydrogens is 214 g/mol. The van der Waals surface area contributed by atoms with Gasteiger partial charge in [-0.3, -0.25) is 4.68 Å². The summed E-state index contributed by atoms with van der Waals surface area (Å²) in [5.41, 5.74) is 2.33. The van der Waals surface area contributed by atoms with Gasteiger partial charge in [0.1, 0.15) is 0 Å². The van der Waals surface area contributed by atoms with Crippen molar-refractivity contribution in [1.82, 2.24) is 15.1 Å². The molecule has 17 heavy (non-hydrogen) atoms. The zero-order valence-corrected chi connectivity index (χ0v) is 11.3. The van der Waals surface area contributed by atoms with Gasteiger partial charge in [-0.05, 0) is 32.4 Å². The lowest BCUT2D eigenvalue weighted by molar-refractivity contribution is 0.117. The monoisotopic (exact) mass is 239 g/mol. The first-order valence-corrected chi connectivity index (χ1v) is 6.65. The molecule has 1 N–H and O–H groups in total. The van der Waals surface area contributed by atoms with Crippen molar-refractivity contribution in [3.63, 3.8) is 0 Å². The van der Waals surface area contributed by atoms with E-state index >= 15 is 0 Å². The number of hydrogen-bond donors (Lipinski definition) is 1. The Balaban J connectivity index is 2.28. The maximum Gasteiger partial charge on any atom is 0.0885 e. The molecule has 0 saturated carbocycles. The molecule has 1 rings (SSSR count). The number of hydrogen-bond acceptors (Lipinski definition) is 3. The zero-order chi connectivity index (χ0) is 12.5. The van der Waals surface area contributed by atoms with Gasteiger partial charge < -0.3 is 10.1 Å². The molecule has 0 atom stereocenters. The SMILES string of the molecule is CCCNCCOCc1cc(CC)nn1CC. The summed E-state index contributed by atoms with van der Waals surface area (Å²) in [6.45, 7) is 10.7. The fourth-order valence-corrected chi connectivity index (χ4v) is 1.70. The number of nitrogens with zero attached hydrogens (tertiary/aromatic N) is 2. The molecule has 0 aliphatic carbocycles. The highest BCUT2D eigenvalue weighted by molar-refractivity contribution is 5.09. The van der Waals surface area contributed by atoms with Gasteiger partial charge in [-0.15, -0.1) is 0 Å². The summed E-state index contributed by atoms with van der Waals surface area (Å²) in [4.78, 5) is 0. The molecule has 1 aromatic heterocycles. The molecule has 0 unspecified atom stereocenters. The summed E-state index contributed by atoms with van der Waals surface area (Å²) < 4.78 is 7.67. The molecular formula is C13H25N3O. The Bertz CT molecular complexity index is 310. The lowest BCUT2D eigenvalue weighted by Crippen LogP contribution is -2.20. The maximum absolute atomic E-state index is 5.64. The van der Waals surface area contributed by atoms with E-state index in [4.69, 9.17) is 4.74 Å². The van der Waals surface area contributed by atoms with Crippen molar-refractivity contribution in [3.8, 4) is 0 Å². The van der Waals surface area contributed by atoms with E-state index in [2.05, 4.69) is 37.3 Å². The third-order valence-corrected chi connectivity index (χ3v) is 2.68. The van der Waals surface area contributed by atoms with Crippen LogP contribution in [0.15, 0.2) is 6.07 Å². The fourth-order valence-electron chi connectivity index (χ4n) is 1.70. The van der Waals surface area contributed by atoms with Crippen LogP contribution in [-0.4, -0.2) is 29.5 Å². The summed E-state index contributed by atoms with van der Waals surface area (Å²) >= 11 is 0. The van der Waals surface area contributed by atoms with Crippen molar-refractivity contribution in [2.24, 2.45) is 0 Å². The summed E-state index contributed by atoms with van der Waals surface area (Å²) in [5, 5.41) is 7.82. The van der Waals surface area contributed by atoms with E-state index in [0.717, 1.165) is 38.4 Å². The van der Waals surface area contributed by atoms with E-state index < -0.39 is 0 Å². The summed E-state index contributed by atoms with van der Waals surface area (Å²) in [6, 6.07) is 2.14. The predicted molar refractivity (Wildman–Crippen MR) is 70.1 cm³/mol. The molecule has 0 amide bonds. The van der Waals surface area contributed by atoms with E-state index in [1.54, 1.807) is 0 Å². The Morgan fingerprint density at radius 1 is 1.29 bits per heavy atom. The largest absolute Gasteiger partial charge is 0.374 e. The molecule has 0 saturated heterocycles. The van der Waals surface area contributed by atoms with Crippen LogP contribution < -0.4 is 5.32 Å². The Morgan fingerprint density at radius 3 is 2.76 bits per heavy atom. The molecule has 0 radical (unpaired) electrons. The highest BCUT2D eigenvalue weighted by atomic mass is 16.5. The van der Waals surface area contributed by atoms with Crippen LogP contribution in [0.4, 0.5) is 0 Å². The van der Waals surface area contributed by atoms with Crippen LogP contribution in [0.5, 0.6) is 0 Å². The van der Waals surface area contributed by atoms with E-state index in [-0.39, 0.29) is 0 Å². The van der Waals surface area contributed by atoms with Gasteiger partial charge >= 0.3 is 0 Å². The maximum atomic E-state index is 5.64. The molecule has 0 aliphatic heterocycles. The van der Waals surface area contributed by atoms with Crippen LogP contribution >= 0.6 is 0 Å². The normalized spacial score (nSPS) is 11.0. The highest BCUT2D eigenvalue weighted by Gasteiger charge is 2.05. The summed E-state index contributed by atoms with van der Waals surface area (Å²) in [5.74, 6) is 0. The second kappa shape index (κ2) is 8.25. The van der Waals surface area contributed by atoms with Crippen LogP contribution in [-0.2, 0) is 24.3 Å². The molecule has 1 heterocycles. The van der Waals surface area contributed by atoms with Crippen molar-refractivity contribution in [2.45, 2.75) is 46.8 Å². The molecule has 4 heteroatoms. The van der Waals surface area contributed by atoms with Gasteiger partial charge in [0.25, 0.3) is 0 Å². The van der Waals surface area contributed by atoms with Gasteiger partial charge in [-0.2, -0.15) is 5.10 Å². The van der Waals surface area contributed by atoms with E-state index in [9.17, 15) is 0 Å². The number of rotatable bonds is 9. The highest BCUT2D eigenvalue weighted by Crippen LogP contribution is 2.06. The molecule has 0 bridgehead atoms. The first-order valence-electron chi connectivity index (χ1n) is 6.65. The minimum atomic E-state index is 0.661. The lowest BCUT2D eigenvalue weighted by atomic mass is 10.3. The minimum absolute atomic E-state index is 0.661. The average molecular weight is 239 g/mol. The standard InChI is InChI=1S/C13H25N3O/c1-4-7-14-8-9-17-11-13-10-12(5-2)15-16(13)6-3/h10,14H,4-9,11H2,1-3H3. The molecule has 0 aromatic carbocycles. The van der Waals surface area contributed by atoms with Crippen LogP contribution in [0.1, 0.15) is 38.6 Å². The molecule has 0 aliphatic rings. The average Bonchev–Trinajstić information content (AvgIpc) is 2.76. The van der Waals surface area contributed by atoms with Crippen LogP contribution in [0.3, 0.4) is 0 Å². The van der Waals surface area contributed by atoms with Crippen molar-refractivity contribution in [1.29, 1.82) is 0 Å². The molecule has 98 valence electrons. The first kappa shape index (κ1) is 14.2. The Morgan fingerprint density at radius 2 is 2.12 bits per heavy atom. The van der Waals surface area contributed by atoms with Gasteiger partial charge in [-0.1, -0.05) is 13.8 Å². The van der Waals surface area contributed by atoms with Gasteiger partial charge in [0, 0.05) is 13.1 Å². The third kappa shape index (κ3) is 4.88. The number of aromatic nitrogens is 2. The van der Waals surface area contributed by atoms with E-state index in [1.807, 2.05) is 4.68 Å². The van der Waals surface area contributed by atoms with Crippen molar-refractivity contribution < 1.29 is 4.74 Å².